The van der Waals surface area contributed by atoms with Crippen LogP contribution in [0.3, 0.4) is 0 Å². The van der Waals surface area contributed by atoms with E-state index in [4.69, 9.17) is 4.99 Å². The zero-order chi connectivity index (χ0) is 14.4. The van der Waals surface area contributed by atoms with Crippen molar-refractivity contribution in [3.05, 3.63) is 23.9 Å². The molecular formula is C18H31N. The molecule has 1 fully saturated rings. The molecule has 1 aliphatic carbocycles. The van der Waals surface area contributed by atoms with Gasteiger partial charge in [-0.1, -0.05) is 46.3 Å². The molecule has 19 heavy (non-hydrogen) atoms. The quantitative estimate of drug-likeness (QED) is 0.407. The predicted octanol–water partition coefficient (Wildman–Crippen LogP) is 5.78. The van der Waals surface area contributed by atoms with E-state index in [1.807, 2.05) is 0 Å². The number of hydrogen-bond acceptors (Lipinski definition) is 1. The minimum Gasteiger partial charge on any atom is -0.262 e. The molecule has 0 radical (unpaired) electrons. The molecule has 1 nitrogen and oxygen atoms in total. The highest BCUT2D eigenvalue weighted by molar-refractivity contribution is 5.85. The molecule has 0 aromatic heterocycles. The van der Waals surface area contributed by atoms with Crippen LogP contribution in [0.25, 0.3) is 0 Å². The normalized spacial score (nSPS) is 20.9. The van der Waals surface area contributed by atoms with Crippen molar-refractivity contribution in [3.8, 4) is 0 Å². The Bertz CT molecular complexity index is 358. The summed E-state index contributed by atoms with van der Waals surface area (Å²) >= 11 is 0. The second kappa shape index (κ2) is 7.67. The molecule has 1 aliphatic rings. The van der Waals surface area contributed by atoms with E-state index in [1.165, 1.54) is 42.7 Å². The van der Waals surface area contributed by atoms with E-state index < -0.39 is 0 Å². The van der Waals surface area contributed by atoms with E-state index in [-0.39, 0.29) is 0 Å². The molecule has 0 spiro atoms. The van der Waals surface area contributed by atoms with Crippen LogP contribution in [0, 0.1) is 17.8 Å². The molecule has 108 valence electrons. The zero-order valence-electron chi connectivity index (χ0n) is 13.5. The standard InChI is InChI=1S/C18H31N/c1-7-13(3)15(5)12-18(17-10-9-11-17)19-16(6)14(4)8-2/h12-14,17H,5,7-11H2,1-4,6H3/b18-12-,19-16?. The minimum absolute atomic E-state index is 0.564. The van der Waals surface area contributed by atoms with Crippen molar-refractivity contribution in [3.63, 3.8) is 0 Å². The molecular weight excluding hydrogens is 230 g/mol. The molecule has 2 atom stereocenters. The fraction of sp³-hybridized carbons (Fsp3) is 0.722. The first-order chi connectivity index (χ1) is 8.99. The first-order valence-corrected chi connectivity index (χ1v) is 7.95. The Morgan fingerprint density at radius 2 is 1.79 bits per heavy atom. The average Bonchev–Trinajstić information content (AvgIpc) is 2.34. The van der Waals surface area contributed by atoms with Gasteiger partial charge in [0.1, 0.15) is 0 Å². The Balaban J connectivity index is 2.89. The first kappa shape index (κ1) is 16.2. The summed E-state index contributed by atoms with van der Waals surface area (Å²) < 4.78 is 0. The van der Waals surface area contributed by atoms with Gasteiger partial charge in [-0.3, -0.25) is 4.99 Å². The van der Waals surface area contributed by atoms with E-state index in [0.29, 0.717) is 17.8 Å². The maximum Gasteiger partial charge on any atom is 0.0436 e. The van der Waals surface area contributed by atoms with Crippen LogP contribution < -0.4 is 0 Å². The van der Waals surface area contributed by atoms with Gasteiger partial charge >= 0.3 is 0 Å². The third kappa shape index (κ3) is 4.63. The number of nitrogens with zero attached hydrogens (tertiary/aromatic N) is 1. The second-order valence-corrected chi connectivity index (χ2v) is 6.14. The zero-order valence-corrected chi connectivity index (χ0v) is 13.5. The summed E-state index contributed by atoms with van der Waals surface area (Å²) in [4.78, 5) is 4.94. The van der Waals surface area contributed by atoms with Gasteiger partial charge in [0.2, 0.25) is 0 Å². The molecule has 1 saturated carbocycles. The van der Waals surface area contributed by atoms with Crippen LogP contribution in [-0.2, 0) is 0 Å². The number of allylic oxidation sites excluding steroid dienone is 3. The van der Waals surface area contributed by atoms with Gasteiger partial charge in [0, 0.05) is 17.3 Å². The molecule has 0 N–H and O–H groups in total. The van der Waals surface area contributed by atoms with Crippen molar-refractivity contribution in [2.75, 3.05) is 0 Å². The van der Waals surface area contributed by atoms with Crippen LogP contribution >= 0.6 is 0 Å². The maximum atomic E-state index is 4.94. The second-order valence-electron chi connectivity index (χ2n) is 6.14. The van der Waals surface area contributed by atoms with Gasteiger partial charge in [0.25, 0.3) is 0 Å². The van der Waals surface area contributed by atoms with Gasteiger partial charge in [0.15, 0.2) is 0 Å². The van der Waals surface area contributed by atoms with Crippen LogP contribution in [0.1, 0.15) is 66.7 Å². The number of aliphatic imine (C=N–C) groups is 1. The average molecular weight is 261 g/mol. The summed E-state index contributed by atoms with van der Waals surface area (Å²) in [5.41, 5.74) is 3.80. The molecule has 0 heterocycles. The Morgan fingerprint density at radius 3 is 2.21 bits per heavy atom. The largest absolute Gasteiger partial charge is 0.262 e. The topological polar surface area (TPSA) is 12.4 Å². The van der Waals surface area contributed by atoms with Crippen molar-refractivity contribution in [1.82, 2.24) is 0 Å². The van der Waals surface area contributed by atoms with Gasteiger partial charge in [-0.25, -0.2) is 0 Å². The van der Waals surface area contributed by atoms with Crippen LogP contribution in [0.15, 0.2) is 28.9 Å². The molecule has 0 aliphatic heterocycles. The van der Waals surface area contributed by atoms with Gasteiger partial charge < -0.3 is 0 Å². The van der Waals surface area contributed by atoms with Crippen LogP contribution in [0.4, 0.5) is 0 Å². The van der Waals surface area contributed by atoms with E-state index in [2.05, 4.69) is 47.3 Å². The minimum atomic E-state index is 0.564. The fourth-order valence-electron chi connectivity index (χ4n) is 2.15. The van der Waals surface area contributed by atoms with Gasteiger partial charge in [-0.2, -0.15) is 0 Å². The Hall–Kier alpha value is -0.850. The lowest BCUT2D eigenvalue weighted by atomic mass is 9.81. The molecule has 0 bridgehead atoms. The fourth-order valence-corrected chi connectivity index (χ4v) is 2.15. The van der Waals surface area contributed by atoms with Crippen LogP contribution in [-0.4, -0.2) is 5.71 Å². The van der Waals surface area contributed by atoms with Crippen molar-refractivity contribution < 1.29 is 0 Å². The Labute approximate surface area is 119 Å². The van der Waals surface area contributed by atoms with Gasteiger partial charge in [0.05, 0.1) is 0 Å². The molecule has 1 rings (SSSR count). The number of hydrogen-bond donors (Lipinski definition) is 0. The summed E-state index contributed by atoms with van der Waals surface area (Å²) in [5.74, 6) is 1.83. The molecule has 2 unspecified atom stereocenters. The monoisotopic (exact) mass is 261 g/mol. The van der Waals surface area contributed by atoms with E-state index in [9.17, 15) is 0 Å². The maximum absolute atomic E-state index is 4.94. The summed E-state index contributed by atoms with van der Waals surface area (Å²) in [6.07, 6.45) is 8.55. The molecule has 0 amide bonds. The number of rotatable bonds is 7. The highest BCUT2D eigenvalue weighted by Crippen LogP contribution is 2.35. The van der Waals surface area contributed by atoms with E-state index >= 15 is 0 Å². The highest BCUT2D eigenvalue weighted by atomic mass is 14.8. The lowest BCUT2D eigenvalue weighted by Gasteiger charge is -2.27. The van der Waals surface area contributed by atoms with Crippen LogP contribution in [0.5, 0.6) is 0 Å². The lowest BCUT2D eigenvalue weighted by Crippen LogP contribution is -2.16. The molecule has 0 aromatic carbocycles. The summed E-state index contributed by atoms with van der Waals surface area (Å²) in [7, 11) is 0. The highest BCUT2D eigenvalue weighted by Gasteiger charge is 2.22. The van der Waals surface area contributed by atoms with E-state index in [1.54, 1.807) is 0 Å². The van der Waals surface area contributed by atoms with Gasteiger partial charge in [-0.05, 0) is 50.5 Å². The summed E-state index contributed by atoms with van der Waals surface area (Å²) in [6, 6.07) is 0. The third-order valence-corrected chi connectivity index (χ3v) is 4.73. The SMILES string of the molecule is C=C(/C=C(\N=C(C)C(C)CC)C1CCC1)C(C)CC. The predicted molar refractivity (Wildman–Crippen MR) is 86.6 cm³/mol. The lowest BCUT2D eigenvalue weighted by molar-refractivity contribution is 0.364. The molecule has 0 aromatic rings. The summed E-state index contributed by atoms with van der Waals surface area (Å²) in [6.45, 7) is 15.4. The molecule has 0 saturated heterocycles. The summed E-state index contributed by atoms with van der Waals surface area (Å²) in [5, 5.41) is 0. The van der Waals surface area contributed by atoms with Crippen LogP contribution in [0.2, 0.25) is 0 Å². The van der Waals surface area contributed by atoms with Crippen molar-refractivity contribution >= 4 is 5.71 Å². The first-order valence-electron chi connectivity index (χ1n) is 7.95. The molecule has 1 heteroatoms. The van der Waals surface area contributed by atoms with Crippen molar-refractivity contribution in [1.29, 1.82) is 0 Å². The smallest absolute Gasteiger partial charge is 0.0436 e. The van der Waals surface area contributed by atoms with Crippen molar-refractivity contribution in [2.45, 2.75) is 66.7 Å². The Morgan fingerprint density at radius 1 is 1.21 bits per heavy atom. The van der Waals surface area contributed by atoms with Crippen molar-refractivity contribution in [2.24, 2.45) is 22.7 Å². The Kier molecular flexibility index (Phi) is 6.54. The third-order valence-electron chi connectivity index (χ3n) is 4.73. The van der Waals surface area contributed by atoms with E-state index in [0.717, 1.165) is 6.42 Å². The van der Waals surface area contributed by atoms with Gasteiger partial charge in [-0.15, -0.1) is 0 Å².